The zero-order valence-electron chi connectivity index (χ0n) is 12.2. The minimum Gasteiger partial charge on any atom is -0.478 e. The first kappa shape index (κ1) is 16.4. The average molecular weight is 351 g/mol. The highest BCUT2D eigenvalue weighted by molar-refractivity contribution is 5.97. The molecule has 0 fully saturated rings. The van der Waals surface area contributed by atoms with Crippen LogP contribution in [-0.4, -0.2) is 25.8 Å². The lowest BCUT2D eigenvalue weighted by molar-refractivity contribution is -0.383. The van der Waals surface area contributed by atoms with Gasteiger partial charge < -0.3 is 5.11 Å². The molecule has 0 spiro atoms. The molecule has 0 aliphatic rings. The van der Waals surface area contributed by atoms with Crippen LogP contribution in [0.1, 0.15) is 16.1 Å². The van der Waals surface area contributed by atoms with Gasteiger partial charge in [-0.1, -0.05) is 18.2 Å². The molecule has 2 aromatic carbocycles. The Labute approximate surface area is 137 Å². The molecular formula is C15H8F3N3O4. The van der Waals surface area contributed by atoms with Crippen molar-refractivity contribution in [1.82, 2.24) is 9.78 Å². The third kappa shape index (κ3) is 2.67. The zero-order valence-corrected chi connectivity index (χ0v) is 12.2. The molecule has 10 heteroatoms. The predicted molar refractivity (Wildman–Crippen MR) is 79.7 cm³/mol. The summed E-state index contributed by atoms with van der Waals surface area (Å²) in [6, 6.07) is 7.97. The van der Waals surface area contributed by atoms with Crippen LogP contribution in [0.25, 0.3) is 16.5 Å². The maximum Gasteiger partial charge on any atom is 0.434 e. The first-order chi connectivity index (χ1) is 11.7. The molecule has 0 unspecified atom stereocenters. The van der Waals surface area contributed by atoms with E-state index in [1.54, 1.807) is 0 Å². The number of carbonyl (C=O) groups is 1. The highest BCUT2D eigenvalue weighted by Crippen LogP contribution is 2.36. The van der Waals surface area contributed by atoms with Crippen LogP contribution in [0.2, 0.25) is 0 Å². The third-order valence-electron chi connectivity index (χ3n) is 3.57. The molecule has 0 atom stereocenters. The number of hydrogen-bond acceptors (Lipinski definition) is 4. The van der Waals surface area contributed by atoms with Crippen molar-refractivity contribution in [1.29, 1.82) is 0 Å². The topological polar surface area (TPSA) is 98.3 Å². The summed E-state index contributed by atoms with van der Waals surface area (Å²) in [5.41, 5.74) is -2.85. The maximum atomic E-state index is 13.4. The molecule has 1 heterocycles. The summed E-state index contributed by atoms with van der Waals surface area (Å²) in [6.07, 6.45) is -4.38. The van der Waals surface area contributed by atoms with Crippen LogP contribution in [-0.2, 0) is 6.18 Å². The van der Waals surface area contributed by atoms with Crippen molar-refractivity contribution < 1.29 is 28.0 Å². The monoisotopic (exact) mass is 351 g/mol. The number of halogens is 3. The van der Waals surface area contributed by atoms with Gasteiger partial charge in [-0.15, -0.1) is 0 Å². The van der Waals surface area contributed by atoms with Crippen molar-refractivity contribution in [3.8, 4) is 5.69 Å². The Balaban J connectivity index is 2.38. The molecule has 0 aliphatic carbocycles. The number of aromatic nitrogens is 2. The van der Waals surface area contributed by atoms with E-state index in [-0.39, 0.29) is 22.1 Å². The Kier molecular flexibility index (Phi) is 3.67. The van der Waals surface area contributed by atoms with Crippen LogP contribution in [0.3, 0.4) is 0 Å². The fraction of sp³-hybridized carbons (Fsp3) is 0.0667. The Morgan fingerprint density at radius 2 is 1.80 bits per heavy atom. The Morgan fingerprint density at radius 1 is 1.16 bits per heavy atom. The number of benzene rings is 2. The number of nitro groups is 1. The van der Waals surface area contributed by atoms with Gasteiger partial charge in [0.15, 0.2) is 5.69 Å². The highest BCUT2D eigenvalue weighted by atomic mass is 19.4. The summed E-state index contributed by atoms with van der Waals surface area (Å²) in [7, 11) is 0. The molecule has 3 aromatic rings. The van der Waals surface area contributed by atoms with Crippen LogP contribution in [0.15, 0.2) is 42.6 Å². The fourth-order valence-corrected chi connectivity index (χ4v) is 2.57. The molecule has 1 N–H and O–H groups in total. The molecule has 25 heavy (non-hydrogen) atoms. The van der Waals surface area contributed by atoms with E-state index >= 15 is 0 Å². The lowest BCUT2D eigenvalue weighted by atomic mass is 10.1. The van der Waals surface area contributed by atoms with E-state index in [0.717, 1.165) is 12.1 Å². The van der Waals surface area contributed by atoms with E-state index in [1.807, 2.05) is 0 Å². The quantitative estimate of drug-likeness (QED) is 0.574. The maximum absolute atomic E-state index is 13.4. The molecule has 0 aliphatic heterocycles. The minimum atomic E-state index is -4.98. The van der Waals surface area contributed by atoms with E-state index in [0.29, 0.717) is 10.9 Å². The largest absolute Gasteiger partial charge is 0.478 e. The highest BCUT2D eigenvalue weighted by Gasteiger charge is 2.41. The van der Waals surface area contributed by atoms with E-state index in [4.69, 9.17) is 5.11 Å². The second-order valence-corrected chi connectivity index (χ2v) is 5.03. The normalized spacial score (nSPS) is 11.6. The SMILES string of the molecule is O=C(O)c1cnn(-c2ccc([N+](=O)[O-])c3ccccc23)c1C(F)(F)F. The minimum absolute atomic E-state index is 0.110. The number of alkyl halides is 3. The lowest BCUT2D eigenvalue weighted by Crippen LogP contribution is -2.17. The zero-order chi connectivity index (χ0) is 18.4. The molecule has 0 saturated heterocycles. The van der Waals surface area contributed by atoms with Crippen molar-refractivity contribution in [2.45, 2.75) is 6.18 Å². The number of hydrogen-bond donors (Lipinski definition) is 1. The Morgan fingerprint density at radius 3 is 2.36 bits per heavy atom. The molecule has 7 nitrogen and oxygen atoms in total. The van der Waals surface area contributed by atoms with Gasteiger partial charge in [0, 0.05) is 11.5 Å². The van der Waals surface area contributed by atoms with E-state index in [1.165, 1.54) is 24.3 Å². The summed E-state index contributed by atoms with van der Waals surface area (Å²) >= 11 is 0. The van der Waals surface area contributed by atoms with Gasteiger partial charge in [-0.3, -0.25) is 10.1 Å². The van der Waals surface area contributed by atoms with Gasteiger partial charge in [-0.05, 0) is 12.1 Å². The number of carboxylic acid groups (broad SMARTS) is 1. The smallest absolute Gasteiger partial charge is 0.434 e. The van der Waals surface area contributed by atoms with Crippen molar-refractivity contribution in [2.75, 3.05) is 0 Å². The van der Waals surface area contributed by atoms with Gasteiger partial charge in [0.25, 0.3) is 5.69 Å². The number of aromatic carboxylic acids is 1. The number of nitro benzene ring substituents is 1. The molecule has 1 aromatic heterocycles. The first-order valence-corrected chi connectivity index (χ1v) is 6.77. The third-order valence-corrected chi connectivity index (χ3v) is 3.57. The molecular weight excluding hydrogens is 343 g/mol. The average Bonchev–Trinajstić information content (AvgIpc) is 2.99. The van der Waals surface area contributed by atoms with Crippen molar-refractivity contribution in [3.05, 3.63) is 64.0 Å². The second-order valence-electron chi connectivity index (χ2n) is 5.03. The summed E-state index contributed by atoms with van der Waals surface area (Å²) in [6.45, 7) is 0. The number of rotatable bonds is 3. The van der Waals surface area contributed by atoms with E-state index < -0.39 is 28.3 Å². The molecule has 3 rings (SSSR count). The van der Waals surface area contributed by atoms with E-state index in [9.17, 15) is 28.1 Å². The predicted octanol–water partition coefficient (Wildman–Crippen LogP) is 3.65. The number of fused-ring (bicyclic) bond motifs is 1. The Hall–Kier alpha value is -3.43. The van der Waals surface area contributed by atoms with Gasteiger partial charge in [0.1, 0.15) is 5.56 Å². The van der Waals surface area contributed by atoms with Gasteiger partial charge in [0.2, 0.25) is 0 Å². The summed E-state index contributed by atoms with van der Waals surface area (Å²) in [5.74, 6) is -1.77. The van der Waals surface area contributed by atoms with Crippen LogP contribution in [0.4, 0.5) is 18.9 Å². The molecule has 0 bridgehead atoms. The molecule has 0 radical (unpaired) electrons. The van der Waals surface area contributed by atoms with Gasteiger partial charge in [-0.25, -0.2) is 9.48 Å². The van der Waals surface area contributed by atoms with Crippen LogP contribution < -0.4 is 0 Å². The molecule has 0 saturated carbocycles. The number of carboxylic acids is 1. The Bertz CT molecular complexity index is 1010. The second kappa shape index (κ2) is 5.58. The van der Waals surface area contributed by atoms with Gasteiger partial charge in [-0.2, -0.15) is 18.3 Å². The van der Waals surface area contributed by atoms with Gasteiger partial charge >= 0.3 is 12.1 Å². The first-order valence-electron chi connectivity index (χ1n) is 6.77. The lowest BCUT2D eigenvalue weighted by Gasteiger charge is -2.13. The summed E-state index contributed by atoms with van der Waals surface area (Å²) < 4.78 is 40.5. The summed E-state index contributed by atoms with van der Waals surface area (Å²) in [4.78, 5) is 21.5. The van der Waals surface area contributed by atoms with Crippen molar-refractivity contribution in [2.24, 2.45) is 0 Å². The van der Waals surface area contributed by atoms with Crippen molar-refractivity contribution >= 4 is 22.4 Å². The fourth-order valence-electron chi connectivity index (χ4n) is 2.57. The van der Waals surface area contributed by atoms with Gasteiger partial charge in [0.05, 0.1) is 22.2 Å². The molecule has 128 valence electrons. The van der Waals surface area contributed by atoms with Crippen molar-refractivity contribution in [3.63, 3.8) is 0 Å². The van der Waals surface area contributed by atoms with Crippen LogP contribution >= 0.6 is 0 Å². The standard InChI is InChI=1S/C15H8F3N3O4/c16-15(17,18)13-10(14(22)23)7-19-20(13)11-5-6-12(21(24)25)9-4-2-1-3-8(9)11/h1-7H,(H,22,23). The summed E-state index contributed by atoms with van der Waals surface area (Å²) in [5, 5.41) is 23.9. The molecule has 0 amide bonds. The number of non-ortho nitro benzene ring substituents is 1. The number of nitrogens with zero attached hydrogens (tertiary/aromatic N) is 3. The van der Waals surface area contributed by atoms with Crippen LogP contribution in [0, 0.1) is 10.1 Å². The van der Waals surface area contributed by atoms with E-state index in [2.05, 4.69) is 5.10 Å². The van der Waals surface area contributed by atoms with Crippen LogP contribution in [0.5, 0.6) is 0 Å².